The first-order valence-corrected chi connectivity index (χ1v) is 6.37. The number of carbonyl (C=O) groups excluding carboxylic acids is 1. The number of rotatable bonds is 1. The van der Waals surface area contributed by atoms with Crippen molar-refractivity contribution < 1.29 is 9.53 Å². The van der Waals surface area contributed by atoms with Crippen molar-refractivity contribution >= 4 is 11.9 Å². The third-order valence-electron chi connectivity index (χ3n) is 3.82. The highest BCUT2D eigenvalue weighted by molar-refractivity contribution is 6.11. The maximum absolute atomic E-state index is 12.6. The summed E-state index contributed by atoms with van der Waals surface area (Å²) in [6, 6.07) is 17.6. The lowest BCUT2D eigenvalue weighted by Crippen LogP contribution is -2.26. The van der Waals surface area contributed by atoms with Crippen LogP contribution in [0.25, 0.3) is 6.08 Å². The summed E-state index contributed by atoms with van der Waals surface area (Å²) in [5.74, 6) is 0.0689. The molecule has 19 heavy (non-hydrogen) atoms. The van der Waals surface area contributed by atoms with Gasteiger partial charge >= 0.3 is 0 Å². The minimum atomic E-state index is -0.768. The molecule has 1 aliphatic carbocycles. The Labute approximate surface area is 111 Å². The van der Waals surface area contributed by atoms with E-state index in [4.69, 9.17) is 4.74 Å². The van der Waals surface area contributed by atoms with Gasteiger partial charge in [-0.1, -0.05) is 60.7 Å². The molecule has 2 atom stereocenters. The molecule has 0 bridgehead atoms. The number of hydrogen-bond donors (Lipinski definition) is 0. The van der Waals surface area contributed by atoms with Crippen molar-refractivity contribution in [2.75, 3.05) is 0 Å². The van der Waals surface area contributed by atoms with Crippen molar-refractivity contribution in [2.24, 2.45) is 0 Å². The maximum atomic E-state index is 12.6. The van der Waals surface area contributed by atoms with Gasteiger partial charge in [-0.15, -0.1) is 0 Å². The lowest BCUT2D eigenvalue weighted by atomic mass is 9.84. The second-order valence-electron chi connectivity index (χ2n) is 4.95. The van der Waals surface area contributed by atoms with Crippen molar-refractivity contribution in [3.63, 3.8) is 0 Å². The molecule has 2 heteroatoms. The molecule has 2 nitrogen and oxygen atoms in total. The van der Waals surface area contributed by atoms with E-state index in [-0.39, 0.29) is 11.9 Å². The van der Waals surface area contributed by atoms with Gasteiger partial charge in [0.2, 0.25) is 5.78 Å². The van der Waals surface area contributed by atoms with E-state index in [9.17, 15) is 4.79 Å². The Morgan fingerprint density at radius 2 is 1.68 bits per heavy atom. The van der Waals surface area contributed by atoms with Gasteiger partial charge in [-0.3, -0.25) is 4.79 Å². The molecule has 1 heterocycles. The molecule has 0 N–H and O–H groups in total. The lowest BCUT2D eigenvalue weighted by Gasteiger charge is -2.15. The number of carbonyl (C=O) groups is 1. The van der Waals surface area contributed by atoms with Gasteiger partial charge < -0.3 is 4.74 Å². The highest BCUT2D eigenvalue weighted by Gasteiger charge is 2.62. The molecule has 1 spiro atoms. The van der Waals surface area contributed by atoms with E-state index < -0.39 is 5.60 Å². The van der Waals surface area contributed by atoms with Crippen molar-refractivity contribution in [1.82, 2.24) is 0 Å². The minimum absolute atomic E-state index is 0.0689. The summed E-state index contributed by atoms with van der Waals surface area (Å²) >= 11 is 0. The summed E-state index contributed by atoms with van der Waals surface area (Å²) in [6.45, 7) is 0. The Morgan fingerprint density at radius 3 is 2.53 bits per heavy atom. The zero-order valence-corrected chi connectivity index (χ0v) is 10.2. The first kappa shape index (κ1) is 10.7. The third-order valence-corrected chi connectivity index (χ3v) is 3.82. The fraction of sp³-hybridized carbons (Fsp3) is 0.118. The molecule has 0 aromatic heterocycles. The van der Waals surface area contributed by atoms with Crippen molar-refractivity contribution in [3.8, 4) is 0 Å². The summed E-state index contributed by atoms with van der Waals surface area (Å²) in [7, 11) is 0. The lowest BCUT2D eigenvalue weighted by molar-refractivity contribution is 0.0907. The van der Waals surface area contributed by atoms with Gasteiger partial charge in [-0.25, -0.2) is 0 Å². The smallest absolute Gasteiger partial charge is 0.202 e. The van der Waals surface area contributed by atoms with E-state index in [1.807, 2.05) is 66.7 Å². The van der Waals surface area contributed by atoms with Gasteiger partial charge in [0.25, 0.3) is 0 Å². The van der Waals surface area contributed by atoms with Crippen molar-refractivity contribution in [1.29, 1.82) is 0 Å². The van der Waals surface area contributed by atoms with Crippen LogP contribution in [0.1, 0.15) is 27.6 Å². The highest BCUT2D eigenvalue weighted by Crippen LogP contribution is 2.54. The minimum Gasteiger partial charge on any atom is -0.348 e. The van der Waals surface area contributed by atoms with Gasteiger partial charge in [0.15, 0.2) is 5.60 Å². The number of fused-ring (bicyclic) bond motifs is 1. The number of hydrogen-bond acceptors (Lipinski definition) is 2. The highest BCUT2D eigenvalue weighted by atomic mass is 16.6. The summed E-state index contributed by atoms with van der Waals surface area (Å²) in [4.78, 5) is 12.6. The normalized spacial score (nSPS) is 27.4. The number of Topliss-reactive ketones (excluding diaryl/α,β-unsaturated/α-hetero) is 1. The fourth-order valence-corrected chi connectivity index (χ4v) is 2.75. The number of benzene rings is 2. The number of epoxide rings is 1. The SMILES string of the molecule is O=C1c2ccccc2C=C[C@@]12O[C@@H]2c1ccccc1. The molecule has 0 saturated carbocycles. The summed E-state index contributed by atoms with van der Waals surface area (Å²) in [6.07, 6.45) is 3.74. The van der Waals surface area contributed by atoms with Crippen molar-refractivity contribution in [2.45, 2.75) is 11.7 Å². The Hall–Kier alpha value is -2.19. The third kappa shape index (κ3) is 1.44. The van der Waals surface area contributed by atoms with Gasteiger partial charge in [0.05, 0.1) is 0 Å². The van der Waals surface area contributed by atoms with E-state index in [1.165, 1.54) is 0 Å². The predicted molar refractivity (Wildman–Crippen MR) is 72.8 cm³/mol. The quantitative estimate of drug-likeness (QED) is 0.724. The van der Waals surface area contributed by atoms with Gasteiger partial charge in [-0.2, -0.15) is 0 Å². The summed E-state index contributed by atoms with van der Waals surface area (Å²) in [5.41, 5.74) is 2.01. The van der Waals surface area contributed by atoms with E-state index in [0.29, 0.717) is 0 Å². The Kier molecular flexibility index (Phi) is 2.06. The Balaban J connectivity index is 1.75. The Morgan fingerprint density at radius 1 is 0.947 bits per heavy atom. The molecule has 0 amide bonds. The van der Waals surface area contributed by atoms with Crippen LogP contribution < -0.4 is 0 Å². The van der Waals surface area contributed by atoms with Crippen LogP contribution in [0, 0.1) is 0 Å². The second-order valence-corrected chi connectivity index (χ2v) is 4.95. The topological polar surface area (TPSA) is 29.6 Å². The number of ether oxygens (including phenoxy) is 1. The average Bonchev–Trinajstić information content (AvgIpc) is 3.20. The Bertz CT molecular complexity index is 687. The largest absolute Gasteiger partial charge is 0.348 e. The van der Waals surface area contributed by atoms with E-state index in [1.54, 1.807) is 0 Å². The standard InChI is InChI=1S/C17H12O2/c18-15-14-9-5-4-6-12(14)10-11-17(15)16(19-17)13-7-2-1-3-8-13/h1-11,16H/t16-,17-/m1/s1. The maximum Gasteiger partial charge on any atom is 0.202 e. The molecule has 0 unspecified atom stereocenters. The zero-order valence-electron chi connectivity index (χ0n) is 10.2. The van der Waals surface area contributed by atoms with Crippen molar-refractivity contribution in [3.05, 3.63) is 77.4 Å². The molecule has 4 rings (SSSR count). The van der Waals surface area contributed by atoms with Crippen LogP contribution in [-0.2, 0) is 4.74 Å². The molecule has 2 aromatic carbocycles. The van der Waals surface area contributed by atoms with Gasteiger partial charge in [0, 0.05) is 5.56 Å². The molecule has 1 aliphatic heterocycles. The van der Waals surface area contributed by atoms with E-state index >= 15 is 0 Å². The van der Waals surface area contributed by atoms with Crippen LogP contribution in [0.5, 0.6) is 0 Å². The van der Waals surface area contributed by atoms with E-state index in [2.05, 4.69) is 0 Å². The average molecular weight is 248 g/mol. The molecule has 92 valence electrons. The second kappa shape index (κ2) is 3.65. The molecule has 0 radical (unpaired) electrons. The summed E-state index contributed by atoms with van der Waals surface area (Å²) < 4.78 is 5.76. The monoisotopic (exact) mass is 248 g/mol. The van der Waals surface area contributed by atoms with Crippen LogP contribution in [0.15, 0.2) is 60.7 Å². The van der Waals surface area contributed by atoms with Crippen LogP contribution in [-0.4, -0.2) is 11.4 Å². The van der Waals surface area contributed by atoms with E-state index in [0.717, 1.165) is 16.7 Å². The molecule has 1 saturated heterocycles. The summed E-state index contributed by atoms with van der Waals surface area (Å²) in [5, 5.41) is 0. The zero-order chi connectivity index (χ0) is 12.9. The molecule has 1 fully saturated rings. The molecular weight excluding hydrogens is 236 g/mol. The predicted octanol–water partition coefficient (Wildman–Crippen LogP) is 3.41. The molecule has 2 aliphatic rings. The van der Waals surface area contributed by atoms with Gasteiger partial charge in [-0.05, 0) is 17.2 Å². The van der Waals surface area contributed by atoms with Crippen LogP contribution >= 0.6 is 0 Å². The fourth-order valence-electron chi connectivity index (χ4n) is 2.75. The molecule has 2 aromatic rings. The first-order chi connectivity index (χ1) is 9.31. The van der Waals surface area contributed by atoms with Gasteiger partial charge in [0.1, 0.15) is 6.10 Å². The molecular formula is C17H12O2. The number of ketones is 1. The van der Waals surface area contributed by atoms with Crippen LogP contribution in [0.2, 0.25) is 0 Å². The first-order valence-electron chi connectivity index (χ1n) is 6.37. The van der Waals surface area contributed by atoms with Crippen LogP contribution in [0.3, 0.4) is 0 Å². The van der Waals surface area contributed by atoms with Crippen LogP contribution in [0.4, 0.5) is 0 Å².